The van der Waals surface area contributed by atoms with Crippen molar-refractivity contribution in [2.24, 2.45) is 34.0 Å². The van der Waals surface area contributed by atoms with Crippen molar-refractivity contribution in [1.29, 1.82) is 0 Å². The van der Waals surface area contributed by atoms with E-state index in [1.807, 2.05) is 201 Å². The van der Waals surface area contributed by atoms with Crippen LogP contribution >= 0.6 is 0 Å². The first-order chi connectivity index (χ1) is 51.8. The Morgan fingerprint density at radius 2 is 0.463 bits per heavy atom. The summed E-state index contributed by atoms with van der Waals surface area (Å²) in [5, 5.41) is 64.2. The minimum Gasteiger partial charge on any atom is -0.508 e. The van der Waals surface area contributed by atoms with Gasteiger partial charge in [0.1, 0.15) is 74.1 Å². The fourth-order valence-electron chi connectivity index (χ4n) is 9.93. The van der Waals surface area contributed by atoms with Crippen molar-refractivity contribution in [2.75, 3.05) is 0 Å². The zero-order chi connectivity index (χ0) is 80.6. The molecule has 0 spiro atoms. The minimum atomic E-state index is -0.466. The van der Waals surface area contributed by atoms with Crippen molar-refractivity contribution >= 4 is 78.9 Å². The number of carbonyl (C=O) groups is 6. The van der Waals surface area contributed by atoms with Gasteiger partial charge < -0.3 is 59.1 Å². The van der Waals surface area contributed by atoms with Crippen molar-refractivity contribution in [3.8, 4) is 34.5 Å². The lowest BCUT2D eigenvalue weighted by Gasteiger charge is -2.20. The highest BCUT2D eigenvalue weighted by Gasteiger charge is 2.29. The van der Waals surface area contributed by atoms with Crippen LogP contribution in [0.5, 0.6) is 34.5 Å². The molecule has 0 saturated carbocycles. The lowest BCUT2D eigenvalue weighted by Crippen LogP contribution is -2.25. The topological polar surface area (TPSA) is 279 Å². The number of fused-ring (bicyclic) bond motifs is 4. The molecule has 6 N–H and O–H groups in total. The highest BCUT2D eigenvalue weighted by Crippen LogP contribution is 2.34. The molecule has 0 radical (unpaired) electrons. The average Bonchev–Trinajstić information content (AvgIpc) is 0.822. The standard InChI is InChI=1S/2C17H20O3.2C16H18O3.C13H18O3.C12H16O3.12CH4/c1-4-17(2,3)16(19)20-11-12-7-5-9-14-13(12)8-6-10-15(14)18;1-4-17(2,3)16(19)20-11-12-9-10-15(18)14-8-6-5-7-13(12)14;1-3-11(2)16(18)19-10-12-6-4-8-14-13(12)7-5-9-15(14)17;1-3-11(2)16(18)19-10-12-8-9-15(17)14-7-5-4-6-13(12)14;1-4-13(2,3)12(15)16-9-10-5-7-11(14)8-6-10;1-3-9(2)12(14)15-8-10-4-6-11(13)7-5-10;;;;;;;;;;;;/h2*5-10,18H,4,11H2,1-3H3;2*4-9,11,17H,3,10H2,1-2H3;5-8,14H,4,9H2,1-3H3;4-7,9,13H,3,8H2,1-2H3;12*1H4. The van der Waals surface area contributed by atoms with E-state index in [0.29, 0.717) is 0 Å². The first-order valence-corrected chi connectivity index (χ1v) is 37.1. The van der Waals surface area contributed by atoms with E-state index in [9.17, 15) is 49.2 Å². The molecule has 0 saturated heterocycles. The Morgan fingerprint density at radius 1 is 0.256 bits per heavy atom. The zero-order valence-corrected chi connectivity index (χ0v) is 65.8. The van der Waals surface area contributed by atoms with Gasteiger partial charge in [-0.05, 0) is 184 Å². The molecule has 18 heteroatoms. The van der Waals surface area contributed by atoms with Crippen molar-refractivity contribution < 1.29 is 87.8 Å². The van der Waals surface area contributed by atoms with Gasteiger partial charge in [-0.25, -0.2) is 0 Å². The largest absolute Gasteiger partial charge is 0.508 e. The third kappa shape index (κ3) is 38.4. The zero-order valence-electron chi connectivity index (χ0n) is 65.8. The molecule has 678 valence electrons. The third-order valence-corrected chi connectivity index (χ3v) is 19.4. The van der Waals surface area contributed by atoms with Crippen LogP contribution in [-0.4, -0.2) is 66.5 Å². The van der Waals surface area contributed by atoms with Crippen LogP contribution in [0.15, 0.2) is 194 Å². The fourth-order valence-corrected chi connectivity index (χ4v) is 9.93. The number of ether oxygens (including phenoxy) is 6. The third-order valence-electron chi connectivity index (χ3n) is 19.4. The molecule has 18 nitrogen and oxygen atoms in total. The molecule has 0 heterocycles. The summed E-state index contributed by atoms with van der Waals surface area (Å²) < 4.78 is 31.7. The smallest absolute Gasteiger partial charge is 0.311 e. The Morgan fingerprint density at radius 3 is 0.736 bits per heavy atom. The van der Waals surface area contributed by atoms with Crippen LogP contribution in [0.2, 0.25) is 0 Å². The van der Waals surface area contributed by atoms with Gasteiger partial charge >= 0.3 is 35.8 Å². The molecule has 0 aliphatic heterocycles. The molecule has 0 amide bonds. The Balaban J connectivity index is -0.000000208. The number of benzene rings is 10. The quantitative estimate of drug-likeness (QED) is 0.0242. The molecule has 0 bridgehead atoms. The maximum Gasteiger partial charge on any atom is 0.311 e. The lowest BCUT2D eigenvalue weighted by molar-refractivity contribution is -0.156. The number of hydrogen-bond donors (Lipinski definition) is 6. The van der Waals surface area contributed by atoms with Crippen LogP contribution in [0.4, 0.5) is 0 Å². The molecule has 0 aliphatic carbocycles. The Bertz CT molecular complexity index is 4470. The fraction of sp³-hybridized carbons (Fsp3) is 0.437. The maximum absolute atomic E-state index is 12.0. The van der Waals surface area contributed by atoms with E-state index in [0.717, 1.165) is 115 Å². The number of phenolic OH excluding ortho intramolecular Hbond substituents is 6. The number of phenols is 6. The van der Waals surface area contributed by atoms with Gasteiger partial charge in [0.05, 0.1) is 34.0 Å². The molecule has 10 aromatic carbocycles. The summed E-state index contributed by atoms with van der Waals surface area (Å²) >= 11 is 0. The maximum atomic E-state index is 12.0. The van der Waals surface area contributed by atoms with Gasteiger partial charge in [-0.2, -0.15) is 0 Å². The predicted molar refractivity (Wildman–Crippen MR) is 509 cm³/mol. The van der Waals surface area contributed by atoms with Crippen molar-refractivity contribution in [1.82, 2.24) is 0 Å². The molecular formula is C103H158O18. The number of aromatic hydroxyl groups is 6. The molecule has 3 atom stereocenters. The second-order valence-corrected chi connectivity index (χ2v) is 28.7. The molecule has 3 unspecified atom stereocenters. The molecule has 121 heavy (non-hydrogen) atoms. The van der Waals surface area contributed by atoms with Crippen LogP contribution in [0, 0.1) is 34.0 Å². The number of rotatable bonds is 24. The van der Waals surface area contributed by atoms with E-state index in [1.54, 1.807) is 97.1 Å². The van der Waals surface area contributed by atoms with Crippen molar-refractivity contribution in [2.45, 2.75) is 271 Å². The summed E-state index contributed by atoms with van der Waals surface area (Å²) in [6.45, 7) is 30.0. The first-order valence-electron chi connectivity index (χ1n) is 37.1. The Hall–Kier alpha value is -11.1. The summed E-state index contributed by atoms with van der Waals surface area (Å²) in [4.78, 5) is 70.4. The number of esters is 6. The van der Waals surface area contributed by atoms with Crippen LogP contribution in [0.1, 0.15) is 265 Å². The first kappa shape index (κ1) is 125. The highest BCUT2D eigenvalue weighted by molar-refractivity contribution is 5.94. The Labute approximate surface area is 730 Å². The van der Waals surface area contributed by atoms with Crippen LogP contribution < -0.4 is 0 Å². The molecule has 10 rings (SSSR count). The lowest BCUT2D eigenvalue weighted by atomic mass is 9.91. The van der Waals surface area contributed by atoms with Gasteiger partial charge in [0, 0.05) is 21.5 Å². The molecular weight excluding hydrogens is 1530 g/mol. The second-order valence-electron chi connectivity index (χ2n) is 28.7. The van der Waals surface area contributed by atoms with Gasteiger partial charge in [0.15, 0.2) is 0 Å². The summed E-state index contributed by atoms with van der Waals surface area (Å²) in [6, 6.07) is 57.2. The van der Waals surface area contributed by atoms with E-state index < -0.39 is 16.2 Å². The van der Waals surface area contributed by atoms with Gasteiger partial charge in [0.2, 0.25) is 0 Å². The minimum absolute atomic E-state index is 0. The molecule has 0 fully saturated rings. The van der Waals surface area contributed by atoms with Crippen LogP contribution in [0.3, 0.4) is 0 Å². The van der Waals surface area contributed by atoms with E-state index in [4.69, 9.17) is 38.6 Å². The predicted octanol–water partition coefficient (Wildman–Crippen LogP) is 28.3. The molecule has 10 aromatic rings. The van der Waals surface area contributed by atoms with E-state index in [1.165, 1.54) is 0 Å². The second kappa shape index (κ2) is 61.2. The normalized spacial score (nSPS) is 10.7. The van der Waals surface area contributed by atoms with E-state index >= 15 is 0 Å². The highest BCUT2D eigenvalue weighted by atomic mass is 16.6. The SMILES string of the molecule is C.C.C.C.C.C.C.C.C.C.C.C.CCC(C)(C)C(=O)OCc1ccc(O)c2ccccc12.CCC(C)(C)C(=O)OCc1ccc(O)cc1.CCC(C)(C)C(=O)OCc1cccc2c(O)cccc12.CCC(C)C(=O)OCc1ccc(O)c2ccccc12.CCC(C)C(=O)OCc1ccc(O)cc1.CCC(C)C(=O)OCc1cccc2c(O)cccc12. The van der Waals surface area contributed by atoms with Gasteiger partial charge in [0.25, 0.3) is 0 Å². The number of hydrogen-bond acceptors (Lipinski definition) is 18. The summed E-state index contributed by atoms with van der Waals surface area (Å²) in [6.07, 6.45) is 4.56. The monoisotopic (exact) mass is 1680 g/mol. The van der Waals surface area contributed by atoms with Gasteiger partial charge in [-0.3, -0.25) is 28.8 Å². The number of carbonyl (C=O) groups excluding carboxylic acids is 6. The van der Waals surface area contributed by atoms with Crippen molar-refractivity contribution in [3.63, 3.8) is 0 Å². The van der Waals surface area contributed by atoms with E-state index in [2.05, 4.69) is 0 Å². The Kier molecular flexibility index (Phi) is 63.5. The van der Waals surface area contributed by atoms with E-state index in [-0.39, 0.29) is 217 Å². The summed E-state index contributed by atoms with van der Waals surface area (Å²) in [5.74, 6) is 0.0569. The van der Waals surface area contributed by atoms with Crippen molar-refractivity contribution in [3.05, 3.63) is 228 Å². The summed E-state index contributed by atoms with van der Waals surface area (Å²) in [7, 11) is 0. The molecule has 0 aromatic heterocycles. The van der Waals surface area contributed by atoms with Crippen LogP contribution in [-0.2, 0) is 96.8 Å². The molecule has 0 aliphatic rings. The average molecular weight is 1680 g/mol. The van der Waals surface area contributed by atoms with Gasteiger partial charge in [-0.1, -0.05) is 297 Å². The summed E-state index contributed by atoms with van der Waals surface area (Å²) in [5.41, 5.74) is 4.01. The van der Waals surface area contributed by atoms with Crippen LogP contribution in [0.25, 0.3) is 43.1 Å². The van der Waals surface area contributed by atoms with Gasteiger partial charge in [-0.15, -0.1) is 0 Å².